The summed E-state index contributed by atoms with van der Waals surface area (Å²) in [6.45, 7) is 1.97. The molecule has 6 heteroatoms. The van der Waals surface area contributed by atoms with E-state index in [0.717, 1.165) is 41.8 Å². The maximum Gasteiger partial charge on any atom is 0.257 e. The van der Waals surface area contributed by atoms with Crippen LogP contribution in [0.4, 0.5) is 11.4 Å². The maximum atomic E-state index is 12.4. The predicted molar refractivity (Wildman–Crippen MR) is 106 cm³/mol. The van der Waals surface area contributed by atoms with Crippen LogP contribution in [0.3, 0.4) is 0 Å². The lowest BCUT2D eigenvalue weighted by Gasteiger charge is -2.33. The van der Waals surface area contributed by atoms with Gasteiger partial charge in [-0.05, 0) is 55.3 Å². The summed E-state index contributed by atoms with van der Waals surface area (Å²) in [6.07, 6.45) is 2.44. The average Bonchev–Trinajstić information content (AvgIpc) is 2.64. The van der Waals surface area contributed by atoms with E-state index in [0.29, 0.717) is 16.7 Å². The number of hydrogen-bond donors (Lipinski definition) is 1. The van der Waals surface area contributed by atoms with Crippen molar-refractivity contribution in [1.82, 2.24) is 0 Å². The Bertz CT molecular complexity index is 744. The Morgan fingerprint density at radius 1 is 1.20 bits per heavy atom. The molecule has 0 atom stereocenters. The summed E-state index contributed by atoms with van der Waals surface area (Å²) in [5.74, 6) is -0.222. The zero-order valence-corrected chi connectivity index (χ0v) is 16.3. The number of hydrogen-bond acceptors (Lipinski definition) is 3. The highest BCUT2D eigenvalue weighted by atomic mass is 79.9. The van der Waals surface area contributed by atoms with Crippen LogP contribution in [-0.2, 0) is 4.74 Å². The Hall–Kier alpha value is -1.56. The molecule has 25 heavy (non-hydrogen) atoms. The molecule has 1 aliphatic heterocycles. The molecule has 0 saturated carbocycles. The zero-order valence-electron chi connectivity index (χ0n) is 14.0. The topological polar surface area (TPSA) is 41.6 Å². The second-order valence-electron chi connectivity index (χ2n) is 6.05. The molecule has 1 aliphatic rings. The number of ether oxygens (including phenoxy) is 1. The van der Waals surface area contributed by atoms with Gasteiger partial charge < -0.3 is 15.0 Å². The lowest BCUT2D eigenvalue weighted by molar-refractivity contribution is 0.0819. The molecule has 2 aromatic rings. The van der Waals surface area contributed by atoms with E-state index in [9.17, 15) is 4.79 Å². The van der Waals surface area contributed by atoms with Crippen molar-refractivity contribution < 1.29 is 9.53 Å². The average molecular weight is 424 g/mol. The minimum Gasteiger partial charge on any atom is -0.381 e. The highest BCUT2D eigenvalue weighted by Gasteiger charge is 2.19. The van der Waals surface area contributed by atoms with Crippen LogP contribution < -0.4 is 10.2 Å². The van der Waals surface area contributed by atoms with Gasteiger partial charge in [0.2, 0.25) is 0 Å². The first-order valence-electron chi connectivity index (χ1n) is 8.21. The standard InChI is InChI=1S/C19H20BrClN2O2/c1-25-16-8-10-23(11-9-16)15-5-3-14(4-6-15)22-19(24)17-12-13(20)2-7-18(17)21/h2-7,12,16H,8-11H2,1H3,(H,22,24). The molecular formula is C19H20BrClN2O2. The number of anilines is 2. The molecule has 1 N–H and O–H groups in total. The van der Waals surface area contributed by atoms with Gasteiger partial charge >= 0.3 is 0 Å². The Labute approximate surface area is 161 Å². The highest BCUT2D eigenvalue weighted by molar-refractivity contribution is 9.10. The van der Waals surface area contributed by atoms with Crippen molar-refractivity contribution in [1.29, 1.82) is 0 Å². The first-order chi connectivity index (χ1) is 12.1. The third-order valence-corrected chi connectivity index (χ3v) is 5.26. The predicted octanol–water partition coefficient (Wildman–Crippen LogP) is 4.97. The SMILES string of the molecule is COC1CCN(c2ccc(NC(=O)c3cc(Br)ccc3Cl)cc2)CC1. The van der Waals surface area contributed by atoms with Gasteiger partial charge in [-0.15, -0.1) is 0 Å². The van der Waals surface area contributed by atoms with Crippen molar-refractivity contribution in [3.8, 4) is 0 Å². The second-order valence-corrected chi connectivity index (χ2v) is 7.37. The number of piperidine rings is 1. The molecule has 1 heterocycles. The minimum atomic E-state index is -0.222. The van der Waals surface area contributed by atoms with Gasteiger partial charge in [0.05, 0.1) is 16.7 Å². The second kappa shape index (κ2) is 8.21. The van der Waals surface area contributed by atoms with E-state index in [1.807, 2.05) is 24.3 Å². The minimum absolute atomic E-state index is 0.222. The smallest absolute Gasteiger partial charge is 0.257 e. The summed E-state index contributed by atoms with van der Waals surface area (Å²) in [5.41, 5.74) is 2.35. The number of carbonyl (C=O) groups is 1. The first-order valence-corrected chi connectivity index (χ1v) is 9.38. The van der Waals surface area contributed by atoms with Crippen LogP contribution in [0.1, 0.15) is 23.2 Å². The summed E-state index contributed by atoms with van der Waals surface area (Å²) >= 11 is 9.47. The molecule has 132 valence electrons. The summed E-state index contributed by atoms with van der Waals surface area (Å²) < 4.78 is 6.23. The summed E-state index contributed by atoms with van der Waals surface area (Å²) in [5, 5.41) is 3.32. The highest BCUT2D eigenvalue weighted by Crippen LogP contribution is 2.25. The number of nitrogens with one attached hydrogen (secondary N) is 1. The van der Waals surface area contributed by atoms with E-state index in [4.69, 9.17) is 16.3 Å². The van der Waals surface area contributed by atoms with Crippen LogP contribution in [0.25, 0.3) is 0 Å². The molecule has 0 spiro atoms. The molecule has 1 fully saturated rings. The molecule has 2 aromatic carbocycles. The third kappa shape index (κ3) is 4.54. The molecular weight excluding hydrogens is 404 g/mol. The molecule has 1 amide bonds. The number of rotatable bonds is 4. The van der Waals surface area contributed by atoms with E-state index in [1.54, 1.807) is 25.3 Å². The fourth-order valence-electron chi connectivity index (χ4n) is 2.98. The number of benzene rings is 2. The Morgan fingerprint density at radius 2 is 1.88 bits per heavy atom. The number of halogens is 2. The van der Waals surface area contributed by atoms with Crippen LogP contribution in [0, 0.1) is 0 Å². The number of carbonyl (C=O) groups excluding carboxylic acids is 1. The van der Waals surface area contributed by atoms with Crippen molar-refractivity contribution in [2.24, 2.45) is 0 Å². The normalized spacial score (nSPS) is 15.2. The van der Waals surface area contributed by atoms with Crippen LogP contribution in [0.2, 0.25) is 5.02 Å². The number of nitrogens with zero attached hydrogens (tertiary/aromatic N) is 1. The number of amides is 1. The van der Waals surface area contributed by atoms with Crippen LogP contribution >= 0.6 is 27.5 Å². The molecule has 0 aliphatic carbocycles. The van der Waals surface area contributed by atoms with E-state index >= 15 is 0 Å². The summed E-state index contributed by atoms with van der Waals surface area (Å²) in [4.78, 5) is 14.7. The van der Waals surface area contributed by atoms with Gasteiger partial charge in [0.25, 0.3) is 5.91 Å². The van der Waals surface area contributed by atoms with Gasteiger partial charge in [0, 0.05) is 36.0 Å². The molecule has 0 unspecified atom stereocenters. The van der Waals surface area contributed by atoms with Crippen molar-refractivity contribution in [2.45, 2.75) is 18.9 Å². The summed E-state index contributed by atoms with van der Waals surface area (Å²) in [6, 6.07) is 13.1. The quantitative estimate of drug-likeness (QED) is 0.755. The van der Waals surface area contributed by atoms with Gasteiger partial charge in [0.15, 0.2) is 0 Å². The Morgan fingerprint density at radius 3 is 2.52 bits per heavy atom. The van der Waals surface area contributed by atoms with Crippen molar-refractivity contribution in [3.05, 3.63) is 57.5 Å². The van der Waals surface area contributed by atoms with Crippen LogP contribution in [-0.4, -0.2) is 32.2 Å². The van der Waals surface area contributed by atoms with Gasteiger partial charge in [-0.2, -0.15) is 0 Å². The van der Waals surface area contributed by atoms with Crippen LogP contribution in [0.15, 0.2) is 46.9 Å². The molecule has 0 aromatic heterocycles. The monoisotopic (exact) mass is 422 g/mol. The largest absolute Gasteiger partial charge is 0.381 e. The fraction of sp³-hybridized carbons (Fsp3) is 0.316. The summed E-state index contributed by atoms with van der Waals surface area (Å²) in [7, 11) is 1.77. The van der Waals surface area contributed by atoms with Crippen molar-refractivity contribution >= 4 is 44.8 Å². The van der Waals surface area contributed by atoms with E-state index in [2.05, 4.69) is 26.1 Å². The molecule has 1 saturated heterocycles. The van der Waals surface area contributed by atoms with Gasteiger partial charge in [-0.25, -0.2) is 0 Å². The molecule has 4 nitrogen and oxygen atoms in total. The van der Waals surface area contributed by atoms with Gasteiger partial charge in [-0.3, -0.25) is 4.79 Å². The van der Waals surface area contributed by atoms with Gasteiger partial charge in [-0.1, -0.05) is 27.5 Å². The molecule has 3 rings (SSSR count). The third-order valence-electron chi connectivity index (χ3n) is 4.44. The fourth-order valence-corrected chi connectivity index (χ4v) is 3.54. The van der Waals surface area contributed by atoms with E-state index in [-0.39, 0.29) is 5.91 Å². The van der Waals surface area contributed by atoms with E-state index in [1.165, 1.54) is 0 Å². The zero-order chi connectivity index (χ0) is 17.8. The number of methoxy groups -OCH3 is 1. The molecule has 0 bridgehead atoms. The Kier molecular flexibility index (Phi) is 5.99. The molecule has 0 radical (unpaired) electrons. The lowest BCUT2D eigenvalue weighted by atomic mass is 10.1. The van der Waals surface area contributed by atoms with Crippen LogP contribution in [0.5, 0.6) is 0 Å². The van der Waals surface area contributed by atoms with Crippen molar-refractivity contribution in [2.75, 3.05) is 30.4 Å². The Balaban J connectivity index is 1.65. The van der Waals surface area contributed by atoms with E-state index < -0.39 is 0 Å². The first kappa shape index (κ1) is 18.2. The van der Waals surface area contributed by atoms with Crippen molar-refractivity contribution in [3.63, 3.8) is 0 Å². The lowest BCUT2D eigenvalue weighted by Crippen LogP contribution is -2.36. The maximum absolute atomic E-state index is 12.4. The van der Waals surface area contributed by atoms with Gasteiger partial charge in [0.1, 0.15) is 0 Å².